The van der Waals surface area contributed by atoms with Crippen molar-refractivity contribution in [2.24, 2.45) is 0 Å². The fraction of sp³-hybridized carbons (Fsp3) is 0.240. The summed E-state index contributed by atoms with van der Waals surface area (Å²) in [5, 5.41) is 22.5. The minimum atomic E-state index is -4.93. The van der Waals surface area contributed by atoms with Crippen molar-refractivity contribution in [1.29, 1.82) is 0 Å². The number of fused-ring (bicyclic) bond motifs is 3. The van der Waals surface area contributed by atoms with E-state index in [1.807, 2.05) is 48.5 Å². The van der Waals surface area contributed by atoms with Gasteiger partial charge in [0.1, 0.15) is 24.6 Å². The second-order valence-corrected chi connectivity index (χ2v) is 7.92. The summed E-state index contributed by atoms with van der Waals surface area (Å²) in [4.78, 5) is 12.2. The highest BCUT2D eigenvalue weighted by atomic mass is 19.4. The smallest absolute Gasteiger partial charge is 0.416 e. The number of hydrogen-bond donors (Lipinski definition) is 3. The van der Waals surface area contributed by atoms with Crippen LogP contribution in [-0.4, -0.2) is 35.6 Å². The highest BCUT2D eigenvalue weighted by Crippen LogP contribution is 2.44. The average molecular weight is 475 g/mol. The van der Waals surface area contributed by atoms with Crippen LogP contribution in [0.1, 0.15) is 34.3 Å². The van der Waals surface area contributed by atoms with Gasteiger partial charge in [0.05, 0.1) is 5.56 Å². The molecule has 0 saturated heterocycles. The van der Waals surface area contributed by atoms with Gasteiger partial charge in [-0.15, -0.1) is 0 Å². The molecule has 0 saturated carbocycles. The van der Waals surface area contributed by atoms with Crippen LogP contribution in [0.3, 0.4) is 0 Å². The normalized spacial score (nSPS) is 14.8. The number of nitrogens with one attached hydrogen (secondary N) is 1. The number of halogens is 4. The van der Waals surface area contributed by atoms with Gasteiger partial charge in [-0.1, -0.05) is 54.6 Å². The topological polar surface area (TPSA) is 78.8 Å². The third-order valence-electron chi connectivity index (χ3n) is 5.82. The maximum absolute atomic E-state index is 14.0. The Hall–Kier alpha value is -3.43. The minimum Gasteiger partial charge on any atom is -0.449 e. The number of rotatable bonds is 6. The zero-order valence-electron chi connectivity index (χ0n) is 17.7. The Morgan fingerprint density at radius 3 is 2.12 bits per heavy atom. The van der Waals surface area contributed by atoms with Gasteiger partial charge in [0.25, 0.3) is 0 Å². The summed E-state index contributed by atoms with van der Waals surface area (Å²) in [6, 6.07) is 17.6. The van der Waals surface area contributed by atoms with Crippen LogP contribution in [0.5, 0.6) is 0 Å². The van der Waals surface area contributed by atoms with E-state index in [1.165, 1.54) is 0 Å². The molecule has 3 N–H and O–H groups in total. The van der Waals surface area contributed by atoms with Gasteiger partial charge in [-0.25, -0.2) is 9.18 Å². The molecule has 0 heterocycles. The van der Waals surface area contributed by atoms with Crippen molar-refractivity contribution in [2.75, 3.05) is 13.2 Å². The second kappa shape index (κ2) is 9.44. The number of alkyl halides is 3. The van der Waals surface area contributed by atoms with Gasteiger partial charge in [0.15, 0.2) is 0 Å². The van der Waals surface area contributed by atoms with Crippen LogP contribution in [0.25, 0.3) is 11.1 Å². The van der Waals surface area contributed by atoms with Gasteiger partial charge in [-0.2, -0.15) is 13.2 Å². The third-order valence-corrected chi connectivity index (χ3v) is 5.82. The van der Waals surface area contributed by atoms with E-state index in [9.17, 15) is 32.6 Å². The Balaban J connectivity index is 1.38. The molecule has 0 aliphatic heterocycles. The fourth-order valence-corrected chi connectivity index (χ4v) is 4.23. The summed E-state index contributed by atoms with van der Waals surface area (Å²) in [5.74, 6) is -1.52. The van der Waals surface area contributed by atoms with Crippen molar-refractivity contribution in [3.8, 4) is 11.1 Å². The van der Waals surface area contributed by atoms with Gasteiger partial charge in [-0.3, -0.25) is 0 Å². The number of amides is 1. The number of carbonyl (C=O) groups excluding carboxylic acids is 1. The summed E-state index contributed by atoms with van der Waals surface area (Å²) in [7, 11) is 0. The van der Waals surface area contributed by atoms with Gasteiger partial charge in [0, 0.05) is 18.0 Å². The van der Waals surface area contributed by atoms with Gasteiger partial charge in [0.2, 0.25) is 0 Å². The molecule has 0 radical (unpaired) electrons. The lowest BCUT2D eigenvalue weighted by atomic mass is 9.97. The number of carbonyl (C=O) groups is 1. The largest absolute Gasteiger partial charge is 0.449 e. The fourth-order valence-electron chi connectivity index (χ4n) is 4.23. The van der Waals surface area contributed by atoms with Crippen molar-refractivity contribution in [3.63, 3.8) is 0 Å². The molecule has 0 spiro atoms. The molecule has 9 heteroatoms. The van der Waals surface area contributed by atoms with Crippen LogP contribution in [-0.2, 0) is 10.9 Å². The number of hydrogen-bond acceptors (Lipinski definition) is 4. The molecule has 1 amide bonds. The Morgan fingerprint density at radius 1 is 0.941 bits per heavy atom. The summed E-state index contributed by atoms with van der Waals surface area (Å²) in [6.45, 7) is -0.659. The van der Waals surface area contributed by atoms with Crippen LogP contribution in [0.4, 0.5) is 22.4 Å². The van der Waals surface area contributed by atoms with Crippen LogP contribution in [0.15, 0.2) is 66.7 Å². The average Bonchev–Trinajstić information content (AvgIpc) is 3.13. The van der Waals surface area contributed by atoms with Crippen molar-refractivity contribution in [3.05, 3.63) is 94.8 Å². The molecule has 5 nitrogen and oxygen atoms in total. The summed E-state index contributed by atoms with van der Waals surface area (Å²) in [6.07, 6.45) is -9.99. The minimum absolute atomic E-state index is 0.00988. The lowest BCUT2D eigenvalue weighted by Gasteiger charge is -2.22. The molecule has 4 rings (SSSR count). The Bertz CT molecular complexity index is 1150. The van der Waals surface area contributed by atoms with Gasteiger partial charge >= 0.3 is 12.3 Å². The monoisotopic (exact) mass is 475 g/mol. The molecule has 178 valence electrons. The molecule has 1 aliphatic rings. The predicted octanol–water partition coefficient (Wildman–Crippen LogP) is 4.78. The van der Waals surface area contributed by atoms with E-state index in [1.54, 1.807) is 0 Å². The maximum Gasteiger partial charge on any atom is 0.416 e. The molecular weight excluding hydrogens is 454 g/mol. The zero-order valence-corrected chi connectivity index (χ0v) is 17.7. The molecular formula is C25H21F4NO4. The Kier molecular flexibility index (Phi) is 6.58. The van der Waals surface area contributed by atoms with Crippen LogP contribution >= 0.6 is 0 Å². The van der Waals surface area contributed by atoms with E-state index in [0.717, 1.165) is 34.4 Å². The first-order valence-electron chi connectivity index (χ1n) is 10.5. The number of aliphatic hydroxyl groups is 2. The highest BCUT2D eigenvalue weighted by molar-refractivity contribution is 5.79. The van der Waals surface area contributed by atoms with Crippen molar-refractivity contribution in [2.45, 2.75) is 24.3 Å². The van der Waals surface area contributed by atoms with E-state index in [2.05, 4.69) is 5.32 Å². The molecule has 0 fully saturated rings. The molecule has 3 aromatic rings. The molecule has 0 aromatic heterocycles. The van der Waals surface area contributed by atoms with E-state index in [0.29, 0.717) is 6.07 Å². The molecule has 2 unspecified atom stereocenters. The predicted molar refractivity (Wildman–Crippen MR) is 115 cm³/mol. The molecule has 3 aromatic carbocycles. The van der Waals surface area contributed by atoms with Crippen molar-refractivity contribution >= 4 is 6.09 Å². The number of benzene rings is 3. The summed E-state index contributed by atoms with van der Waals surface area (Å²) < 4.78 is 58.9. The van der Waals surface area contributed by atoms with Crippen LogP contribution in [0, 0.1) is 5.82 Å². The zero-order chi connectivity index (χ0) is 24.5. The Labute approximate surface area is 192 Å². The van der Waals surface area contributed by atoms with Gasteiger partial charge < -0.3 is 20.3 Å². The molecule has 0 bridgehead atoms. The van der Waals surface area contributed by atoms with Gasteiger partial charge in [-0.05, 0) is 34.4 Å². The first-order valence-corrected chi connectivity index (χ1v) is 10.5. The van der Waals surface area contributed by atoms with E-state index in [-0.39, 0.29) is 12.5 Å². The van der Waals surface area contributed by atoms with E-state index in [4.69, 9.17) is 4.74 Å². The summed E-state index contributed by atoms with van der Waals surface area (Å²) >= 11 is 0. The lowest BCUT2D eigenvalue weighted by Crippen LogP contribution is -2.37. The number of aliphatic hydroxyl groups excluding tert-OH is 2. The van der Waals surface area contributed by atoms with Crippen LogP contribution in [0.2, 0.25) is 0 Å². The van der Waals surface area contributed by atoms with Crippen molar-refractivity contribution in [1.82, 2.24) is 5.32 Å². The molecule has 34 heavy (non-hydrogen) atoms. The Morgan fingerprint density at radius 2 is 1.53 bits per heavy atom. The standard InChI is InChI=1S/C25H21F4NO4/c26-20-11-5-10-19(25(27,28)29)22(20)23(32)21(31)12-30-24(33)34-13-18-16-8-3-1-6-14(16)15-7-2-4-9-17(15)18/h1-11,18,21,23,31-32H,12-13H2,(H,30,33). The second-order valence-electron chi connectivity index (χ2n) is 7.92. The van der Waals surface area contributed by atoms with E-state index >= 15 is 0 Å². The van der Waals surface area contributed by atoms with E-state index < -0.39 is 48.0 Å². The number of alkyl carbamates (subject to hydrolysis) is 1. The lowest BCUT2D eigenvalue weighted by molar-refractivity contribution is -0.140. The highest BCUT2D eigenvalue weighted by Gasteiger charge is 2.38. The molecule has 2 atom stereocenters. The third kappa shape index (κ3) is 4.62. The molecule has 1 aliphatic carbocycles. The maximum atomic E-state index is 14.0. The first-order chi connectivity index (χ1) is 16.2. The first kappa shape index (κ1) is 23.7. The quantitative estimate of drug-likeness (QED) is 0.449. The SMILES string of the molecule is O=C(NCC(O)C(O)c1c(F)cccc1C(F)(F)F)OCC1c2ccccc2-c2ccccc21. The summed E-state index contributed by atoms with van der Waals surface area (Å²) in [5.41, 5.74) is 1.57. The van der Waals surface area contributed by atoms with Crippen LogP contribution < -0.4 is 5.32 Å². The number of ether oxygens (including phenoxy) is 1. The van der Waals surface area contributed by atoms with Crippen molar-refractivity contribution < 1.29 is 37.3 Å².